The molecule has 8 heteroatoms. The van der Waals surface area contributed by atoms with Crippen molar-refractivity contribution in [2.75, 3.05) is 6.54 Å². The van der Waals surface area contributed by atoms with Crippen LogP contribution in [0.25, 0.3) is 0 Å². The third-order valence-corrected chi connectivity index (χ3v) is 3.89. The van der Waals surface area contributed by atoms with Crippen LogP contribution in [0.2, 0.25) is 0 Å². The minimum atomic E-state index is -1.12. The third kappa shape index (κ3) is 7.62. The van der Waals surface area contributed by atoms with Crippen LogP contribution >= 0.6 is 0 Å². The van der Waals surface area contributed by atoms with E-state index in [0.717, 1.165) is 5.56 Å². The number of unbranched alkanes of at least 4 members (excludes halogenated alkanes) is 1. The van der Waals surface area contributed by atoms with Crippen molar-refractivity contribution in [3.8, 4) is 0 Å². The number of carboxylic acids is 1. The molecule has 1 rings (SSSR count). The monoisotopic (exact) mass is 364 g/mol. The quantitative estimate of drug-likeness (QED) is 0.342. The number of aliphatic carboxylic acids is 1. The summed E-state index contributed by atoms with van der Waals surface area (Å²) >= 11 is 0. The number of carbonyl (C=O) groups excluding carboxylic acids is 2. The summed E-state index contributed by atoms with van der Waals surface area (Å²) in [5.74, 6) is -2.15. The lowest BCUT2D eigenvalue weighted by Gasteiger charge is -2.22. The summed E-state index contributed by atoms with van der Waals surface area (Å²) in [4.78, 5) is 35.9. The molecule has 2 unspecified atom stereocenters. The molecule has 0 saturated carbocycles. The molecule has 0 aromatic heterocycles. The molecule has 1 aromatic carbocycles. The first-order valence-corrected chi connectivity index (χ1v) is 8.68. The third-order valence-electron chi connectivity index (χ3n) is 3.89. The van der Waals surface area contributed by atoms with Gasteiger partial charge in [0.1, 0.15) is 12.1 Å². The van der Waals surface area contributed by atoms with Crippen LogP contribution in [0.4, 0.5) is 0 Å². The first-order chi connectivity index (χ1) is 12.3. The van der Waals surface area contributed by atoms with Crippen molar-refractivity contribution in [1.82, 2.24) is 10.6 Å². The lowest BCUT2D eigenvalue weighted by Crippen LogP contribution is -2.54. The van der Waals surface area contributed by atoms with E-state index in [-0.39, 0.29) is 12.8 Å². The van der Waals surface area contributed by atoms with Crippen molar-refractivity contribution in [1.29, 1.82) is 0 Å². The van der Waals surface area contributed by atoms with E-state index in [9.17, 15) is 19.5 Å². The van der Waals surface area contributed by atoms with E-state index in [2.05, 4.69) is 10.6 Å². The Morgan fingerprint density at radius 3 is 2.19 bits per heavy atom. The van der Waals surface area contributed by atoms with Gasteiger partial charge in [0.05, 0.1) is 6.04 Å². The number of hydrogen-bond acceptors (Lipinski definition) is 5. The number of nitrogens with two attached hydrogens (primary N) is 2. The van der Waals surface area contributed by atoms with Crippen molar-refractivity contribution >= 4 is 17.8 Å². The molecule has 7 N–H and O–H groups in total. The van der Waals surface area contributed by atoms with Crippen LogP contribution in [0, 0.1) is 0 Å². The molecule has 0 aliphatic heterocycles. The second kappa shape index (κ2) is 11.2. The first-order valence-electron chi connectivity index (χ1n) is 8.68. The number of hydrogen-bond donors (Lipinski definition) is 5. The van der Waals surface area contributed by atoms with E-state index < -0.39 is 35.9 Å². The van der Waals surface area contributed by atoms with Crippen LogP contribution in [-0.2, 0) is 20.8 Å². The number of nitrogens with one attached hydrogen (secondary N) is 2. The molecule has 0 saturated heterocycles. The first kappa shape index (κ1) is 21.6. The molecule has 0 spiro atoms. The topological polar surface area (TPSA) is 148 Å². The van der Waals surface area contributed by atoms with E-state index in [4.69, 9.17) is 11.5 Å². The Morgan fingerprint density at radius 2 is 1.65 bits per heavy atom. The Hall–Kier alpha value is -2.45. The minimum Gasteiger partial charge on any atom is -0.480 e. The van der Waals surface area contributed by atoms with Gasteiger partial charge in [0, 0.05) is 6.42 Å². The van der Waals surface area contributed by atoms with Gasteiger partial charge in [0.25, 0.3) is 0 Å². The maximum atomic E-state index is 12.6. The highest BCUT2D eigenvalue weighted by Gasteiger charge is 2.27. The van der Waals surface area contributed by atoms with E-state index in [1.807, 2.05) is 30.3 Å². The Labute approximate surface area is 153 Å². The maximum Gasteiger partial charge on any atom is 0.326 e. The van der Waals surface area contributed by atoms with Gasteiger partial charge in [-0.15, -0.1) is 0 Å². The van der Waals surface area contributed by atoms with Crippen molar-refractivity contribution in [3.05, 3.63) is 35.9 Å². The Morgan fingerprint density at radius 1 is 1.04 bits per heavy atom. The van der Waals surface area contributed by atoms with Crippen LogP contribution in [0.3, 0.4) is 0 Å². The standard InChI is InChI=1S/C18H28N4O4/c1-12(20)16(23)22-15(11-13-7-3-2-4-8-13)17(24)21-14(18(25)26)9-5-6-10-19/h2-4,7-8,12,14-15H,5-6,9-11,19-20H2,1H3,(H,21,24)(H,22,23)(H,25,26)/t12?,14-,15?/m1/s1. The summed E-state index contributed by atoms with van der Waals surface area (Å²) in [6, 6.07) is 6.43. The smallest absolute Gasteiger partial charge is 0.326 e. The van der Waals surface area contributed by atoms with Gasteiger partial charge >= 0.3 is 5.97 Å². The van der Waals surface area contributed by atoms with Crippen LogP contribution in [-0.4, -0.2) is 47.6 Å². The highest BCUT2D eigenvalue weighted by atomic mass is 16.4. The highest BCUT2D eigenvalue weighted by Crippen LogP contribution is 2.06. The molecule has 26 heavy (non-hydrogen) atoms. The summed E-state index contributed by atoms with van der Waals surface area (Å²) in [7, 11) is 0. The molecule has 0 heterocycles. The zero-order chi connectivity index (χ0) is 19.5. The predicted molar refractivity (Wildman–Crippen MR) is 98.2 cm³/mol. The van der Waals surface area contributed by atoms with Crippen LogP contribution in [0.5, 0.6) is 0 Å². The molecule has 3 atom stereocenters. The lowest BCUT2D eigenvalue weighted by atomic mass is 10.0. The van der Waals surface area contributed by atoms with E-state index >= 15 is 0 Å². The largest absolute Gasteiger partial charge is 0.480 e. The predicted octanol–water partition coefficient (Wildman–Crippen LogP) is -0.240. The number of carboxylic acid groups (broad SMARTS) is 1. The minimum absolute atomic E-state index is 0.236. The normalized spacial score (nSPS) is 14.1. The van der Waals surface area contributed by atoms with Crippen molar-refractivity contribution < 1.29 is 19.5 Å². The van der Waals surface area contributed by atoms with E-state index in [1.54, 1.807) is 0 Å². The summed E-state index contributed by atoms with van der Waals surface area (Å²) in [5.41, 5.74) is 11.8. The van der Waals surface area contributed by atoms with Gasteiger partial charge < -0.3 is 27.2 Å². The van der Waals surface area contributed by atoms with Crippen LogP contribution in [0.15, 0.2) is 30.3 Å². The average Bonchev–Trinajstić information content (AvgIpc) is 2.60. The van der Waals surface area contributed by atoms with Crippen LogP contribution in [0.1, 0.15) is 31.7 Å². The highest BCUT2D eigenvalue weighted by molar-refractivity contribution is 5.91. The average molecular weight is 364 g/mol. The SMILES string of the molecule is CC(N)C(=O)NC(Cc1ccccc1)C(=O)N[C@H](CCCCN)C(=O)O. The van der Waals surface area contributed by atoms with Gasteiger partial charge in [-0.05, 0) is 38.3 Å². The Balaban J connectivity index is 2.83. The van der Waals surface area contributed by atoms with Gasteiger partial charge in [-0.3, -0.25) is 9.59 Å². The number of carbonyl (C=O) groups is 3. The van der Waals surface area contributed by atoms with Crippen molar-refractivity contribution in [2.45, 2.75) is 50.7 Å². The zero-order valence-electron chi connectivity index (χ0n) is 15.0. The lowest BCUT2D eigenvalue weighted by molar-refractivity contribution is -0.142. The Kier molecular flexibility index (Phi) is 9.32. The molecule has 2 amide bonds. The van der Waals surface area contributed by atoms with Gasteiger partial charge in [0.15, 0.2) is 0 Å². The molecule has 1 aromatic rings. The molecule has 0 bridgehead atoms. The second-order valence-electron chi connectivity index (χ2n) is 6.22. The van der Waals surface area contributed by atoms with E-state index in [0.29, 0.717) is 19.4 Å². The number of rotatable bonds is 11. The molecule has 0 aliphatic carbocycles. The number of amides is 2. The summed E-state index contributed by atoms with van der Waals surface area (Å²) < 4.78 is 0. The maximum absolute atomic E-state index is 12.6. The van der Waals surface area contributed by atoms with Gasteiger partial charge in [0.2, 0.25) is 11.8 Å². The summed E-state index contributed by atoms with van der Waals surface area (Å²) in [5, 5.41) is 14.4. The fourth-order valence-electron chi connectivity index (χ4n) is 2.38. The fourth-order valence-corrected chi connectivity index (χ4v) is 2.38. The molecule has 0 radical (unpaired) electrons. The summed E-state index contributed by atoms with van der Waals surface area (Å²) in [6.45, 7) is 1.97. The fraction of sp³-hybridized carbons (Fsp3) is 0.500. The second-order valence-corrected chi connectivity index (χ2v) is 6.22. The van der Waals surface area contributed by atoms with Gasteiger partial charge in [-0.1, -0.05) is 30.3 Å². The van der Waals surface area contributed by atoms with Gasteiger partial charge in [-0.25, -0.2) is 4.79 Å². The molecule has 144 valence electrons. The molecule has 0 aliphatic rings. The summed E-state index contributed by atoms with van der Waals surface area (Å²) in [6.07, 6.45) is 1.77. The van der Waals surface area contributed by atoms with Gasteiger partial charge in [-0.2, -0.15) is 0 Å². The molecular formula is C18H28N4O4. The molecule has 0 fully saturated rings. The van der Waals surface area contributed by atoms with E-state index in [1.165, 1.54) is 6.92 Å². The van der Waals surface area contributed by atoms with Crippen molar-refractivity contribution in [3.63, 3.8) is 0 Å². The molecular weight excluding hydrogens is 336 g/mol. The zero-order valence-corrected chi connectivity index (χ0v) is 15.0. The molecule has 8 nitrogen and oxygen atoms in total. The Bertz CT molecular complexity index is 592. The van der Waals surface area contributed by atoms with Crippen molar-refractivity contribution in [2.24, 2.45) is 11.5 Å². The number of benzene rings is 1. The van der Waals surface area contributed by atoms with Crippen LogP contribution < -0.4 is 22.1 Å².